The zero-order valence-electron chi connectivity index (χ0n) is 16.2. The third-order valence-electron chi connectivity index (χ3n) is 4.67. The third kappa shape index (κ3) is 3.66. The molecule has 3 heterocycles. The lowest BCUT2D eigenvalue weighted by Gasteiger charge is -2.13. The number of thioether (sulfide) groups is 1. The van der Waals surface area contributed by atoms with Gasteiger partial charge in [0, 0.05) is 16.8 Å². The van der Waals surface area contributed by atoms with Crippen molar-refractivity contribution in [3.8, 4) is 11.5 Å². The number of thiophene rings is 1. The molecule has 0 unspecified atom stereocenters. The van der Waals surface area contributed by atoms with Crippen LogP contribution in [0.4, 0.5) is 0 Å². The number of rotatable bonds is 5. The Morgan fingerprint density at radius 2 is 2.04 bits per heavy atom. The number of fused-ring (bicyclic) bond motifs is 2. The molecular weight excluding hydrogens is 394 g/mol. The van der Waals surface area contributed by atoms with E-state index in [0.717, 1.165) is 38.1 Å². The second kappa shape index (κ2) is 7.60. The van der Waals surface area contributed by atoms with Crippen LogP contribution >= 0.6 is 23.1 Å². The maximum Gasteiger partial charge on any atom is 0.233 e. The average Bonchev–Trinajstić information content (AvgIpc) is 3.23. The first-order valence-corrected chi connectivity index (χ1v) is 10.7. The summed E-state index contributed by atoms with van der Waals surface area (Å²) in [5, 5.41) is 4.66. The molecule has 6 nitrogen and oxygen atoms in total. The number of carbonyl (C=O) groups is 1. The van der Waals surface area contributed by atoms with Gasteiger partial charge in [-0.05, 0) is 51.0 Å². The average molecular weight is 416 g/mol. The standard InChI is InChI=1S/C20H21N3O3S2/c1-10-11(2)27-19-17(10)20(23-13(4)22-19)28-12(3)18(24)21-8-14-5-6-15-16(7-14)26-9-25-15/h5-7,12H,8-9H2,1-4H3,(H,21,24)/t12-/m0/s1. The number of aryl methyl sites for hydroxylation is 3. The van der Waals surface area contributed by atoms with Gasteiger partial charge >= 0.3 is 0 Å². The molecule has 146 valence electrons. The lowest BCUT2D eigenvalue weighted by molar-refractivity contribution is -0.120. The Morgan fingerprint density at radius 1 is 1.25 bits per heavy atom. The fraction of sp³-hybridized carbons (Fsp3) is 0.350. The van der Waals surface area contributed by atoms with Crippen molar-refractivity contribution >= 4 is 39.2 Å². The van der Waals surface area contributed by atoms with Crippen molar-refractivity contribution in [2.24, 2.45) is 0 Å². The zero-order chi connectivity index (χ0) is 19.8. The molecule has 1 aromatic carbocycles. The quantitative estimate of drug-likeness (QED) is 0.499. The molecular formula is C20H21N3O3S2. The van der Waals surface area contributed by atoms with Gasteiger partial charge in [0.2, 0.25) is 12.7 Å². The first-order chi connectivity index (χ1) is 13.4. The summed E-state index contributed by atoms with van der Waals surface area (Å²) in [5.41, 5.74) is 2.16. The van der Waals surface area contributed by atoms with Gasteiger partial charge in [0.15, 0.2) is 11.5 Å². The van der Waals surface area contributed by atoms with Crippen molar-refractivity contribution in [1.29, 1.82) is 0 Å². The van der Waals surface area contributed by atoms with Crippen molar-refractivity contribution < 1.29 is 14.3 Å². The topological polar surface area (TPSA) is 73.3 Å². The third-order valence-corrected chi connectivity index (χ3v) is 6.86. The molecule has 0 saturated heterocycles. The van der Waals surface area contributed by atoms with Crippen molar-refractivity contribution in [2.75, 3.05) is 6.79 Å². The summed E-state index contributed by atoms with van der Waals surface area (Å²) in [5.74, 6) is 2.15. The molecule has 1 N–H and O–H groups in total. The van der Waals surface area contributed by atoms with E-state index >= 15 is 0 Å². The number of hydrogen-bond acceptors (Lipinski definition) is 7. The maximum absolute atomic E-state index is 12.6. The summed E-state index contributed by atoms with van der Waals surface area (Å²) >= 11 is 3.15. The molecule has 3 aromatic rings. The van der Waals surface area contributed by atoms with Crippen LogP contribution in [0.5, 0.6) is 11.5 Å². The van der Waals surface area contributed by atoms with Crippen molar-refractivity contribution in [2.45, 2.75) is 44.5 Å². The number of benzene rings is 1. The Kier molecular flexibility index (Phi) is 5.16. The van der Waals surface area contributed by atoms with E-state index in [4.69, 9.17) is 9.47 Å². The van der Waals surface area contributed by atoms with Crippen LogP contribution in [0, 0.1) is 20.8 Å². The summed E-state index contributed by atoms with van der Waals surface area (Å²) in [4.78, 5) is 24.0. The summed E-state index contributed by atoms with van der Waals surface area (Å²) in [6.07, 6.45) is 0. The number of ether oxygens (including phenoxy) is 2. The van der Waals surface area contributed by atoms with Gasteiger partial charge in [0.05, 0.1) is 5.25 Å². The van der Waals surface area contributed by atoms with Crippen LogP contribution in [0.15, 0.2) is 23.2 Å². The fourth-order valence-electron chi connectivity index (χ4n) is 3.00. The van der Waals surface area contributed by atoms with Crippen molar-refractivity contribution in [1.82, 2.24) is 15.3 Å². The van der Waals surface area contributed by atoms with Crippen LogP contribution in [-0.4, -0.2) is 27.9 Å². The van der Waals surface area contributed by atoms with Gasteiger partial charge in [0.1, 0.15) is 15.7 Å². The normalized spacial score (nSPS) is 13.7. The van der Waals surface area contributed by atoms with E-state index in [2.05, 4.69) is 29.1 Å². The van der Waals surface area contributed by atoms with E-state index in [1.807, 2.05) is 32.0 Å². The van der Waals surface area contributed by atoms with Gasteiger partial charge in [-0.3, -0.25) is 4.79 Å². The Bertz CT molecular complexity index is 1060. The minimum absolute atomic E-state index is 0.0308. The Labute approximate surface area is 171 Å². The van der Waals surface area contributed by atoms with E-state index in [1.165, 1.54) is 22.2 Å². The van der Waals surface area contributed by atoms with Gasteiger partial charge in [-0.1, -0.05) is 17.8 Å². The molecule has 0 fully saturated rings. The molecule has 0 saturated carbocycles. The molecule has 1 amide bonds. The Morgan fingerprint density at radius 3 is 2.86 bits per heavy atom. The maximum atomic E-state index is 12.6. The summed E-state index contributed by atoms with van der Waals surface area (Å²) in [6, 6.07) is 5.69. The van der Waals surface area contributed by atoms with E-state index in [1.54, 1.807) is 11.3 Å². The summed E-state index contributed by atoms with van der Waals surface area (Å²) in [7, 11) is 0. The lowest BCUT2D eigenvalue weighted by Crippen LogP contribution is -2.30. The number of nitrogens with one attached hydrogen (secondary N) is 1. The van der Waals surface area contributed by atoms with Crippen LogP contribution in [0.25, 0.3) is 10.2 Å². The molecule has 1 aliphatic rings. The van der Waals surface area contributed by atoms with Crippen LogP contribution < -0.4 is 14.8 Å². The first-order valence-electron chi connectivity index (χ1n) is 8.99. The molecule has 0 aliphatic carbocycles. The molecule has 4 rings (SSSR count). The number of amides is 1. The molecule has 0 radical (unpaired) electrons. The highest BCUT2D eigenvalue weighted by atomic mass is 32.2. The number of nitrogens with zero attached hydrogens (tertiary/aromatic N) is 2. The second-order valence-electron chi connectivity index (χ2n) is 6.70. The van der Waals surface area contributed by atoms with Crippen LogP contribution in [0.2, 0.25) is 0 Å². The highest BCUT2D eigenvalue weighted by molar-refractivity contribution is 8.00. The van der Waals surface area contributed by atoms with Crippen molar-refractivity contribution in [3.05, 3.63) is 40.0 Å². The molecule has 0 spiro atoms. The van der Waals surface area contributed by atoms with Gasteiger partial charge in [0.25, 0.3) is 0 Å². The number of hydrogen-bond donors (Lipinski definition) is 1. The van der Waals surface area contributed by atoms with Crippen LogP contribution in [0.1, 0.15) is 28.8 Å². The number of aromatic nitrogens is 2. The molecule has 2 aromatic heterocycles. The largest absolute Gasteiger partial charge is 0.454 e. The Balaban J connectivity index is 1.45. The van der Waals surface area contributed by atoms with Crippen LogP contribution in [-0.2, 0) is 11.3 Å². The number of carbonyl (C=O) groups excluding carboxylic acids is 1. The fourth-order valence-corrected chi connectivity index (χ4v) is 5.22. The predicted molar refractivity (Wildman–Crippen MR) is 111 cm³/mol. The monoisotopic (exact) mass is 415 g/mol. The molecule has 8 heteroatoms. The Hall–Kier alpha value is -2.32. The highest BCUT2D eigenvalue weighted by Gasteiger charge is 2.20. The van der Waals surface area contributed by atoms with E-state index in [0.29, 0.717) is 6.54 Å². The zero-order valence-corrected chi connectivity index (χ0v) is 17.8. The predicted octanol–water partition coefficient (Wildman–Crippen LogP) is 4.14. The van der Waals surface area contributed by atoms with Gasteiger partial charge in [-0.2, -0.15) is 0 Å². The summed E-state index contributed by atoms with van der Waals surface area (Å²) in [6.45, 7) is 8.65. The van der Waals surface area contributed by atoms with Gasteiger partial charge < -0.3 is 14.8 Å². The van der Waals surface area contributed by atoms with E-state index in [-0.39, 0.29) is 18.0 Å². The minimum Gasteiger partial charge on any atom is -0.454 e. The summed E-state index contributed by atoms with van der Waals surface area (Å²) < 4.78 is 10.7. The molecule has 1 aliphatic heterocycles. The van der Waals surface area contributed by atoms with E-state index < -0.39 is 0 Å². The SMILES string of the molecule is Cc1nc(S[C@@H](C)C(=O)NCc2ccc3c(c2)OCO3)c2c(C)c(C)sc2n1. The smallest absolute Gasteiger partial charge is 0.233 e. The second-order valence-corrected chi connectivity index (χ2v) is 9.24. The molecule has 0 bridgehead atoms. The van der Waals surface area contributed by atoms with Gasteiger partial charge in [-0.15, -0.1) is 11.3 Å². The van der Waals surface area contributed by atoms with Gasteiger partial charge in [-0.25, -0.2) is 9.97 Å². The molecule has 1 atom stereocenters. The van der Waals surface area contributed by atoms with Crippen LogP contribution in [0.3, 0.4) is 0 Å². The molecule has 28 heavy (non-hydrogen) atoms. The lowest BCUT2D eigenvalue weighted by atomic mass is 10.2. The minimum atomic E-state index is -0.272. The first kappa shape index (κ1) is 19.0. The highest BCUT2D eigenvalue weighted by Crippen LogP contribution is 2.36. The van der Waals surface area contributed by atoms with E-state index in [9.17, 15) is 4.79 Å². The van der Waals surface area contributed by atoms with Crippen molar-refractivity contribution in [3.63, 3.8) is 0 Å².